The van der Waals surface area contributed by atoms with Gasteiger partial charge in [-0.25, -0.2) is 9.48 Å². The van der Waals surface area contributed by atoms with E-state index in [9.17, 15) is 14.4 Å². The molecule has 1 aromatic carbocycles. The van der Waals surface area contributed by atoms with Crippen LogP contribution in [-0.4, -0.2) is 43.6 Å². The fourth-order valence-corrected chi connectivity index (χ4v) is 4.39. The number of hydrogen-bond acceptors (Lipinski definition) is 5. The first-order chi connectivity index (χ1) is 14.5. The summed E-state index contributed by atoms with van der Waals surface area (Å²) in [6.45, 7) is 1.87. The van der Waals surface area contributed by atoms with Gasteiger partial charge in [0.1, 0.15) is 12.4 Å². The maximum Gasteiger partial charge on any atom is 0.346 e. The Labute approximate surface area is 174 Å². The SMILES string of the molecule is NC(=O)C1CCCN1Cc1ccccc1NC(=O)Cn1nc2n(c1=O)CCCCC2. The molecular formula is C21H28N6O3. The second kappa shape index (κ2) is 8.83. The van der Waals surface area contributed by atoms with Crippen LogP contribution in [0.3, 0.4) is 0 Å². The minimum atomic E-state index is -0.312. The number of para-hydroxylation sites is 1. The highest BCUT2D eigenvalue weighted by Crippen LogP contribution is 2.23. The lowest BCUT2D eigenvalue weighted by atomic mass is 10.1. The van der Waals surface area contributed by atoms with Gasteiger partial charge in [0.2, 0.25) is 11.8 Å². The Hall–Kier alpha value is -2.94. The molecule has 0 bridgehead atoms. The molecule has 30 heavy (non-hydrogen) atoms. The summed E-state index contributed by atoms with van der Waals surface area (Å²) in [6, 6.07) is 7.23. The van der Waals surface area contributed by atoms with Crippen LogP contribution in [-0.2, 0) is 35.6 Å². The molecule has 1 atom stereocenters. The number of rotatable bonds is 6. The van der Waals surface area contributed by atoms with Gasteiger partial charge < -0.3 is 11.1 Å². The molecule has 0 radical (unpaired) electrons. The van der Waals surface area contributed by atoms with Gasteiger partial charge in [0.05, 0.1) is 6.04 Å². The molecule has 2 aliphatic heterocycles. The number of carbonyl (C=O) groups excluding carboxylic acids is 2. The van der Waals surface area contributed by atoms with Gasteiger partial charge in [-0.1, -0.05) is 24.6 Å². The zero-order valence-electron chi connectivity index (χ0n) is 17.0. The number of benzene rings is 1. The molecule has 1 fully saturated rings. The van der Waals surface area contributed by atoms with E-state index in [0.717, 1.165) is 56.5 Å². The molecule has 0 aliphatic carbocycles. The van der Waals surface area contributed by atoms with Gasteiger partial charge in [-0.05, 0) is 43.9 Å². The van der Waals surface area contributed by atoms with E-state index in [4.69, 9.17) is 5.73 Å². The van der Waals surface area contributed by atoms with Gasteiger partial charge in [-0.15, -0.1) is 0 Å². The number of hydrogen-bond donors (Lipinski definition) is 2. The third-order valence-corrected chi connectivity index (χ3v) is 5.93. The number of anilines is 1. The highest BCUT2D eigenvalue weighted by molar-refractivity contribution is 5.91. The predicted octanol–water partition coefficient (Wildman–Crippen LogP) is 0.860. The standard InChI is InChI=1S/C21H28N6O3/c22-20(29)17-9-6-11-25(17)13-15-7-3-4-8-16(15)23-19(28)14-27-21(30)26-12-5-1-2-10-18(26)24-27/h3-4,7-8,17H,1-2,5-6,9-14H2,(H2,22,29)(H,23,28). The number of fused-ring (bicyclic) bond motifs is 1. The molecule has 1 aromatic heterocycles. The number of aryl methyl sites for hydroxylation is 1. The Kier molecular flexibility index (Phi) is 5.98. The Morgan fingerprint density at radius 1 is 1.13 bits per heavy atom. The van der Waals surface area contributed by atoms with Gasteiger partial charge in [0, 0.05) is 25.2 Å². The zero-order chi connectivity index (χ0) is 21.1. The number of aromatic nitrogens is 3. The van der Waals surface area contributed by atoms with Gasteiger partial charge in [-0.2, -0.15) is 5.10 Å². The van der Waals surface area contributed by atoms with Crippen LogP contribution in [0.1, 0.15) is 43.5 Å². The van der Waals surface area contributed by atoms with Crippen LogP contribution < -0.4 is 16.7 Å². The number of nitrogens with zero attached hydrogens (tertiary/aromatic N) is 4. The van der Waals surface area contributed by atoms with Crippen LogP contribution in [0.5, 0.6) is 0 Å². The average molecular weight is 412 g/mol. The summed E-state index contributed by atoms with van der Waals surface area (Å²) in [4.78, 5) is 39.0. The molecule has 2 aliphatic rings. The molecule has 3 heterocycles. The third kappa shape index (κ3) is 4.30. The van der Waals surface area contributed by atoms with Crippen molar-refractivity contribution in [1.29, 1.82) is 0 Å². The van der Waals surface area contributed by atoms with E-state index in [2.05, 4.69) is 10.4 Å². The van der Waals surface area contributed by atoms with E-state index >= 15 is 0 Å². The van der Waals surface area contributed by atoms with E-state index < -0.39 is 0 Å². The van der Waals surface area contributed by atoms with Crippen LogP contribution >= 0.6 is 0 Å². The molecular weight excluding hydrogens is 384 g/mol. The topological polar surface area (TPSA) is 115 Å². The van der Waals surface area contributed by atoms with Crippen molar-refractivity contribution in [3.05, 3.63) is 46.1 Å². The highest BCUT2D eigenvalue weighted by atomic mass is 16.2. The number of likely N-dealkylation sites (tertiary alicyclic amines) is 1. The first-order valence-corrected chi connectivity index (χ1v) is 10.6. The maximum atomic E-state index is 12.7. The second-order valence-corrected chi connectivity index (χ2v) is 8.05. The van der Waals surface area contributed by atoms with Crippen molar-refractivity contribution in [2.75, 3.05) is 11.9 Å². The van der Waals surface area contributed by atoms with E-state index in [-0.39, 0.29) is 30.1 Å². The number of amides is 2. The normalized spacial score (nSPS) is 19.3. The van der Waals surface area contributed by atoms with Gasteiger partial charge in [0.15, 0.2) is 0 Å². The fourth-order valence-electron chi connectivity index (χ4n) is 4.39. The predicted molar refractivity (Wildman–Crippen MR) is 112 cm³/mol. The third-order valence-electron chi connectivity index (χ3n) is 5.93. The molecule has 2 amide bonds. The van der Waals surface area contributed by atoms with Crippen molar-refractivity contribution in [3.63, 3.8) is 0 Å². The summed E-state index contributed by atoms with van der Waals surface area (Å²) in [7, 11) is 0. The zero-order valence-corrected chi connectivity index (χ0v) is 17.0. The molecule has 0 spiro atoms. The van der Waals surface area contributed by atoms with Crippen molar-refractivity contribution < 1.29 is 9.59 Å². The molecule has 3 N–H and O–H groups in total. The smallest absolute Gasteiger partial charge is 0.346 e. The summed E-state index contributed by atoms with van der Waals surface area (Å²) in [5, 5.41) is 7.28. The molecule has 9 nitrogen and oxygen atoms in total. The van der Waals surface area contributed by atoms with Crippen molar-refractivity contribution in [2.45, 2.75) is 64.2 Å². The Balaban J connectivity index is 1.46. The Morgan fingerprint density at radius 3 is 2.80 bits per heavy atom. The molecule has 1 saturated heterocycles. The highest BCUT2D eigenvalue weighted by Gasteiger charge is 2.29. The van der Waals surface area contributed by atoms with Gasteiger partial charge >= 0.3 is 5.69 Å². The van der Waals surface area contributed by atoms with Crippen molar-refractivity contribution in [2.24, 2.45) is 5.73 Å². The second-order valence-electron chi connectivity index (χ2n) is 8.05. The van der Waals surface area contributed by atoms with Crippen molar-refractivity contribution in [3.8, 4) is 0 Å². The van der Waals surface area contributed by atoms with E-state index in [0.29, 0.717) is 18.8 Å². The largest absolute Gasteiger partial charge is 0.368 e. The van der Waals surface area contributed by atoms with Crippen LogP contribution in [0.25, 0.3) is 0 Å². The molecule has 9 heteroatoms. The van der Waals surface area contributed by atoms with Gasteiger partial charge in [0.25, 0.3) is 0 Å². The summed E-state index contributed by atoms with van der Waals surface area (Å²) >= 11 is 0. The van der Waals surface area contributed by atoms with E-state index in [1.165, 1.54) is 4.68 Å². The van der Waals surface area contributed by atoms with Crippen molar-refractivity contribution in [1.82, 2.24) is 19.2 Å². The quantitative estimate of drug-likeness (QED) is 0.730. The number of nitrogens with one attached hydrogen (secondary N) is 1. The Bertz CT molecular complexity index is 995. The molecule has 1 unspecified atom stereocenters. The summed E-state index contributed by atoms with van der Waals surface area (Å²) in [6.07, 6.45) is 5.52. The molecule has 0 saturated carbocycles. The van der Waals surface area contributed by atoms with E-state index in [1.54, 1.807) is 4.57 Å². The maximum absolute atomic E-state index is 12.7. The number of nitrogens with two attached hydrogens (primary N) is 1. The lowest BCUT2D eigenvalue weighted by Crippen LogP contribution is -2.39. The number of carbonyl (C=O) groups is 2. The molecule has 2 aromatic rings. The minimum absolute atomic E-state index is 0.124. The first kappa shape index (κ1) is 20.3. The summed E-state index contributed by atoms with van der Waals surface area (Å²) < 4.78 is 2.94. The van der Waals surface area contributed by atoms with Crippen LogP contribution in [0, 0.1) is 0 Å². The fraction of sp³-hybridized carbons (Fsp3) is 0.524. The lowest BCUT2D eigenvalue weighted by molar-refractivity contribution is -0.122. The lowest BCUT2D eigenvalue weighted by Gasteiger charge is -2.23. The first-order valence-electron chi connectivity index (χ1n) is 10.6. The van der Waals surface area contributed by atoms with Crippen molar-refractivity contribution >= 4 is 17.5 Å². The van der Waals surface area contributed by atoms with Crippen LogP contribution in [0.2, 0.25) is 0 Å². The van der Waals surface area contributed by atoms with Crippen LogP contribution in [0.15, 0.2) is 29.1 Å². The van der Waals surface area contributed by atoms with E-state index in [1.807, 2.05) is 29.2 Å². The van der Waals surface area contributed by atoms with Gasteiger partial charge in [-0.3, -0.25) is 19.1 Å². The monoisotopic (exact) mass is 412 g/mol. The summed E-state index contributed by atoms with van der Waals surface area (Å²) in [5.74, 6) is 0.149. The average Bonchev–Trinajstić information content (AvgIpc) is 3.20. The number of primary amides is 1. The molecule has 160 valence electrons. The summed E-state index contributed by atoms with van der Waals surface area (Å²) in [5.41, 5.74) is 6.88. The Morgan fingerprint density at radius 2 is 1.97 bits per heavy atom. The molecule has 4 rings (SSSR count). The minimum Gasteiger partial charge on any atom is -0.368 e. The van der Waals surface area contributed by atoms with Crippen LogP contribution in [0.4, 0.5) is 5.69 Å².